The third-order valence-electron chi connectivity index (χ3n) is 4.82. The fourth-order valence-corrected chi connectivity index (χ4v) is 3.39. The molecular formula is C20H28N2O3. The molecule has 1 aromatic heterocycles. The number of para-hydroxylation sites is 2. The Labute approximate surface area is 149 Å². The lowest BCUT2D eigenvalue weighted by Crippen LogP contribution is -2.22. The van der Waals surface area contributed by atoms with E-state index in [1.165, 1.54) is 24.8 Å². The first-order valence-corrected chi connectivity index (χ1v) is 9.50. The molecule has 0 amide bonds. The number of imidazole rings is 1. The van der Waals surface area contributed by atoms with Gasteiger partial charge in [0.05, 0.1) is 30.1 Å². The van der Waals surface area contributed by atoms with Gasteiger partial charge >= 0.3 is 5.97 Å². The van der Waals surface area contributed by atoms with E-state index in [-0.39, 0.29) is 18.7 Å². The van der Waals surface area contributed by atoms with Gasteiger partial charge in [-0.3, -0.25) is 0 Å². The summed E-state index contributed by atoms with van der Waals surface area (Å²) >= 11 is 0. The van der Waals surface area contributed by atoms with Crippen LogP contribution in [-0.4, -0.2) is 34.8 Å². The minimum absolute atomic E-state index is 0.103. The Kier molecular flexibility index (Phi) is 6.86. The number of aryl methyl sites for hydroxylation is 1. The van der Waals surface area contributed by atoms with Gasteiger partial charge in [0, 0.05) is 6.54 Å². The highest BCUT2D eigenvalue weighted by Gasteiger charge is 2.15. The molecule has 1 aliphatic carbocycles. The summed E-state index contributed by atoms with van der Waals surface area (Å²) < 4.78 is 13.1. The van der Waals surface area contributed by atoms with Gasteiger partial charge in [0.25, 0.3) is 0 Å². The van der Waals surface area contributed by atoms with Crippen LogP contribution in [0.25, 0.3) is 11.0 Å². The molecule has 0 saturated heterocycles. The van der Waals surface area contributed by atoms with Crippen molar-refractivity contribution in [1.82, 2.24) is 9.55 Å². The van der Waals surface area contributed by atoms with Gasteiger partial charge in [-0.05, 0) is 44.2 Å². The lowest BCUT2D eigenvalue weighted by atomic mass is 9.98. The topological polar surface area (TPSA) is 53.4 Å². The molecular weight excluding hydrogens is 316 g/mol. The first-order chi connectivity index (χ1) is 12.3. The van der Waals surface area contributed by atoms with Crippen LogP contribution < -0.4 is 0 Å². The van der Waals surface area contributed by atoms with Crippen molar-refractivity contribution >= 4 is 17.0 Å². The zero-order valence-corrected chi connectivity index (χ0v) is 14.9. The number of esters is 1. The average molecular weight is 344 g/mol. The number of fused-ring (bicyclic) bond motifs is 1. The van der Waals surface area contributed by atoms with Crippen molar-refractivity contribution in [2.75, 3.05) is 13.2 Å². The second-order valence-corrected chi connectivity index (χ2v) is 6.78. The fraction of sp³-hybridized carbons (Fsp3) is 0.600. The summed E-state index contributed by atoms with van der Waals surface area (Å²) in [7, 11) is 0. The molecule has 1 aliphatic rings. The second-order valence-electron chi connectivity index (χ2n) is 6.78. The molecule has 5 heteroatoms. The Bertz CT molecular complexity index is 662. The third kappa shape index (κ3) is 5.56. The van der Waals surface area contributed by atoms with Gasteiger partial charge in [0.1, 0.15) is 6.61 Å². The number of ether oxygens (including phenoxy) is 2. The van der Waals surface area contributed by atoms with E-state index in [0.29, 0.717) is 6.61 Å². The van der Waals surface area contributed by atoms with Crippen molar-refractivity contribution < 1.29 is 14.3 Å². The molecule has 0 atom stereocenters. The van der Waals surface area contributed by atoms with Gasteiger partial charge in [-0.15, -0.1) is 0 Å². The summed E-state index contributed by atoms with van der Waals surface area (Å²) in [6, 6.07) is 8.17. The summed E-state index contributed by atoms with van der Waals surface area (Å²) in [4.78, 5) is 16.1. The first kappa shape index (κ1) is 17.9. The number of carbonyl (C=O) groups excluding carboxylic acids is 1. The molecule has 2 aromatic rings. The lowest BCUT2D eigenvalue weighted by molar-refractivity contribution is -0.151. The maximum atomic E-state index is 11.7. The SMILES string of the molecule is O=C(COC1CCCCC1)OCCCCCn1cnc2ccccc21. The molecule has 0 spiro atoms. The van der Waals surface area contributed by atoms with Crippen LogP contribution in [0.4, 0.5) is 0 Å². The Morgan fingerprint density at radius 3 is 2.84 bits per heavy atom. The first-order valence-electron chi connectivity index (χ1n) is 9.50. The quantitative estimate of drug-likeness (QED) is 0.508. The average Bonchev–Trinajstić information content (AvgIpc) is 3.07. The number of carbonyl (C=O) groups is 1. The number of unbranched alkanes of at least 4 members (excludes halogenated alkanes) is 2. The van der Waals surface area contributed by atoms with E-state index >= 15 is 0 Å². The van der Waals surface area contributed by atoms with Gasteiger partial charge in [-0.1, -0.05) is 31.4 Å². The molecule has 0 bridgehead atoms. The van der Waals surface area contributed by atoms with Crippen molar-refractivity contribution in [3.63, 3.8) is 0 Å². The van der Waals surface area contributed by atoms with Crippen LogP contribution in [0.15, 0.2) is 30.6 Å². The number of hydrogen-bond acceptors (Lipinski definition) is 4. The molecule has 0 radical (unpaired) electrons. The highest BCUT2D eigenvalue weighted by molar-refractivity contribution is 5.74. The zero-order chi connectivity index (χ0) is 17.3. The van der Waals surface area contributed by atoms with Crippen LogP contribution in [0.1, 0.15) is 51.4 Å². The molecule has 0 aliphatic heterocycles. The Morgan fingerprint density at radius 1 is 1.12 bits per heavy atom. The summed E-state index contributed by atoms with van der Waals surface area (Å²) in [5, 5.41) is 0. The summed E-state index contributed by atoms with van der Waals surface area (Å²) in [5.41, 5.74) is 2.21. The van der Waals surface area contributed by atoms with Crippen LogP contribution in [0.3, 0.4) is 0 Å². The minimum Gasteiger partial charge on any atom is -0.464 e. The van der Waals surface area contributed by atoms with Crippen LogP contribution >= 0.6 is 0 Å². The predicted molar refractivity (Wildman–Crippen MR) is 97.4 cm³/mol. The van der Waals surface area contributed by atoms with E-state index in [4.69, 9.17) is 9.47 Å². The largest absolute Gasteiger partial charge is 0.464 e. The van der Waals surface area contributed by atoms with E-state index in [2.05, 4.69) is 15.6 Å². The zero-order valence-electron chi connectivity index (χ0n) is 14.9. The highest BCUT2D eigenvalue weighted by atomic mass is 16.6. The van der Waals surface area contributed by atoms with Crippen LogP contribution in [0.2, 0.25) is 0 Å². The van der Waals surface area contributed by atoms with Crippen molar-refractivity contribution in [3.05, 3.63) is 30.6 Å². The third-order valence-corrected chi connectivity index (χ3v) is 4.82. The number of rotatable bonds is 9. The van der Waals surface area contributed by atoms with E-state index in [1.807, 2.05) is 24.5 Å². The number of aromatic nitrogens is 2. The van der Waals surface area contributed by atoms with E-state index < -0.39 is 0 Å². The molecule has 1 aromatic carbocycles. The van der Waals surface area contributed by atoms with Crippen molar-refractivity contribution in [1.29, 1.82) is 0 Å². The smallest absolute Gasteiger partial charge is 0.332 e. The monoisotopic (exact) mass is 344 g/mol. The summed E-state index contributed by atoms with van der Waals surface area (Å²) in [6.07, 6.45) is 11.0. The molecule has 5 nitrogen and oxygen atoms in total. The number of nitrogens with zero attached hydrogens (tertiary/aromatic N) is 2. The van der Waals surface area contributed by atoms with Crippen LogP contribution in [0.5, 0.6) is 0 Å². The van der Waals surface area contributed by atoms with E-state index in [1.54, 1.807) is 0 Å². The predicted octanol–water partition coefficient (Wildman–Crippen LogP) is 4.10. The Morgan fingerprint density at radius 2 is 1.96 bits per heavy atom. The Balaban J connectivity index is 1.24. The minimum atomic E-state index is -0.230. The standard InChI is InChI=1S/C20H28N2O3/c23-20(15-25-17-9-3-1-4-10-17)24-14-8-2-7-13-22-16-21-18-11-5-6-12-19(18)22/h5-6,11-12,16-17H,1-4,7-10,13-15H2. The Hall–Kier alpha value is -1.88. The maximum Gasteiger partial charge on any atom is 0.332 e. The summed E-state index contributed by atoms with van der Waals surface area (Å²) in [5.74, 6) is -0.230. The highest BCUT2D eigenvalue weighted by Crippen LogP contribution is 2.20. The molecule has 136 valence electrons. The van der Waals surface area contributed by atoms with Gasteiger partial charge in [0.15, 0.2) is 0 Å². The van der Waals surface area contributed by atoms with Crippen LogP contribution in [-0.2, 0) is 20.8 Å². The second kappa shape index (κ2) is 9.56. The fourth-order valence-electron chi connectivity index (χ4n) is 3.39. The van der Waals surface area contributed by atoms with Gasteiger partial charge < -0.3 is 14.0 Å². The molecule has 0 N–H and O–H groups in total. The van der Waals surface area contributed by atoms with Gasteiger partial charge in [0.2, 0.25) is 0 Å². The van der Waals surface area contributed by atoms with Crippen LogP contribution in [0, 0.1) is 0 Å². The van der Waals surface area contributed by atoms with Gasteiger partial charge in [-0.25, -0.2) is 9.78 Å². The van der Waals surface area contributed by atoms with Crippen molar-refractivity contribution in [2.45, 2.75) is 64.0 Å². The van der Waals surface area contributed by atoms with E-state index in [9.17, 15) is 4.79 Å². The van der Waals surface area contributed by atoms with Crippen molar-refractivity contribution in [2.24, 2.45) is 0 Å². The van der Waals surface area contributed by atoms with Crippen molar-refractivity contribution in [3.8, 4) is 0 Å². The molecule has 25 heavy (non-hydrogen) atoms. The molecule has 0 unspecified atom stereocenters. The number of hydrogen-bond donors (Lipinski definition) is 0. The summed E-state index contributed by atoms with van der Waals surface area (Å²) in [6.45, 7) is 1.53. The normalized spacial score (nSPS) is 15.5. The lowest BCUT2D eigenvalue weighted by Gasteiger charge is -2.21. The number of benzene rings is 1. The van der Waals surface area contributed by atoms with Gasteiger partial charge in [-0.2, -0.15) is 0 Å². The molecule has 1 fully saturated rings. The van der Waals surface area contributed by atoms with E-state index in [0.717, 1.165) is 44.2 Å². The maximum absolute atomic E-state index is 11.7. The molecule has 1 saturated carbocycles. The molecule has 1 heterocycles. The molecule has 3 rings (SSSR count).